The molecule has 1 aromatic carbocycles. The van der Waals surface area contributed by atoms with Crippen molar-refractivity contribution >= 4 is 16.0 Å². The monoisotopic (exact) mass is 344 g/mol. The van der Waals surface area contributed by atoms with Gasteiger partial charge in [0.25, 0.3) is 0 Å². The molecule has 0 amide bonds. The van der Waals surface area contributed by atoms with Gasteiger partial charge in [-0.3, -0.25) is 0 Å². The van der Waals surface area contributed by atoms with Crippen molar-refractivity contribution in [1.82, 2.24) is 9.21 Å². The highest BCUT2D eigenvalue weighted by atomic mass is 32.2. The Morgan fingerprint density at radius 3 is 2.39 bits per heavy atom. The van der Waals surface area contributed by atoms with E-state index in [1.807, 2.05) is 0 Å². The smallest absolute Gasteiger partial charge is 0.338 e. The Kier molecular flexibility index (Phi) is 5.38. The molecule has 0 aliphatic carbocycles. The maximum Gasteiger partial charge on any atom is 0.338 e. The first-order valence-corrected chi connectivity index (χ1v) is 8.91. The van der Waals surface area contributed by atoms with Crippen molar-refractivity contribution in [3.63, 3.8) is 0 Å². The number of carbonyl (C=O) groups is 1. The van der Waals surface area contributed by atoms with Crippen molar-refractivity contribution < 1.29 is 22.7 Å². The molecule has 1 N–H and O–H groups in total. The quantitative estimate of drug-likeness (QED) is 0.875. The van der Waals surface area contributed by atoms with Crippen molar-refractivity contribution in [1.29, 1.82) is 0 Å². The van der Waals surface area contributed by atoms with Crippen LogP contribution in [-0.2, 0) is 10.0 Å². The minimum absolute atomic E-state index is 0.186. The molecule has 23 heavy (non-hydrogen) atoms. The van der Waals surface area contributed by atoms with Crippen LogP contribution in [0.1, 0.15) is 24.2 Å². The van der Waals surface area contributed by atoms with Gasteiger partial charge < -0.3 is 10.0 Å². The molecule has 0 radical (unpaired) electrons. The molecule has 0 aromatic heterocycles. The van der Waals surface area contributed by atoms with Gasteiger partial charge in [-0.2, -0.15) is 4.31 Å². The summed E-state index contributed by atoms with van der Waals surface area (Å²) in [5.41, 5.74) is -0.635. The predicted molar refractivity (Wildman–Crippen MR) is 83.4 cm³/mol. The molecule has 0 atom stereocenters. The molecule has 1 heterocycles. The summed E-state index contributed by atoms with van der Waals surface area (Å²) >= 11 is 0. The van der Waals surface area contributed by atoms with Crippen LogP contribution in [0.2, 0.25) is 0 Å². The highest BCUT2D eigenvalue weighted by molar-refractivity contribution is 7.89. The first kappa shape index (κ1) is 17.8. The van der Waals surface area contributed by atoms with Gasteiger partial charge in [-0.05, 0) is 24.1 Å². The Bertz CT molecular complexity index is 683. The Morgan fingerprint density at radius 2 is 1.87 bits per heavy atom. The van der Waals surface area contributed by atoms with Crippen LogP contribution in [0.15, 0.2) is 23.1 Å². The molecule has 128 valence electrons. The zero-order valence-corrected chi connectivity index (χ0v) is 14.0. The van der Waals surface area contributed by atoms with E-state index >= 15 is 0 Å². The summed E-state index contributed by atoms with van der Waals surface area (Å²) in [6.07, 6.45) is 0. The minimum atomic E-state index is -3.81. The minimum Gasteiger partial charge on any atom is -0.478 e. The number of nitrogens with zero attached hydrogens (tertiary/aromatic N) is 2. The second kappa shape index (κ2) is 6.94. The number of rotatable bonds is 5. The fourth-order valence-corrected chi connectivity index (χ4v) is 4.10. The van der Waals surface area contributed by atoms with Gasteiger partial charge in [0, 0.05) is 32.7 Å². The highest BCUT2D eigenvalue weighted by Gasteiger charge is 2.29. The number of aromatic carboxylic acids is 1. The molecule has 0 bridgehead atoms. The second-order valence-corrected chi connectivity index (χ2v) is 7.98. The number of sulfonamides is 1. The Morgan fingerprint density at radius 1 is 1.26 bits per heavy atom. The van der Waals surface area contributed by atoms with Gasteiger partial charge in [-0.15, -0.1) is 0 Å². The van der Waals surface area contributed by atoms with Gasteiger partial charge in [0.2, 0.25) is 10.0 Å². The standard InChI is InChI=1S/C15H21FN2O4S/c1-11(2)10-17-5-7-18(8-6-17)23(21,22)12-3-4-14(16)13(9-12)15(19)20/h3-4,9,11H,5-8,10H2,1-2H3,(H,19,20). The lowest BCUT2D eigenvalue weighted by atomic mass is 10.2. The van der Waals surface area contributed by atoms with E-state index in [4.69, 9.17) is 5.11 Å². The summed E-state index contributed by atoms with van der Waals surface area (Å²) in [7, 11) is -3.81. The second-order valence-electron chi connectivity index (χ2n) is 6.05. The Labute approximate surface area is 135 Å². The van der Waals surface area contributed by atoms with Crippen LogP contribution in [0, 0.1) is 11.7 Å². The zero-order chi connectivity index (χ0) is 17.2. The first-order chi connectivity index (χ1) is 10.7. The molecule has 1 aliphatic heterocycles. The Balaban J connectivity index is 2.17. The van der Waals surface area contributed by atoms with Gasteiger partial charge in [-0.1, -0.05) is 13.8 Å². The molecule has 0 spiro atoms. The number of hydrogen-bond acceptors (Lipinski definition) is 4. The van der Waals surface area contributed by atoms with Crippen LogP contribution in [0.4, 0.5) is 4.39 Å². The molecule has 1 fully saturated rings. The van der Waals surface area contributed by atoms with Crippen LogP contribution in [0.25, 0.3) is 0 Å². The topological polar surface area (TPSA) is 77.9 Å². The van der Waals surface area contributed by atoms with E-state index in [1.54, 1.807) is 0 Å². The summed E-state index contributed by atoms with van der Waals surface area (Å²) < 4.78 is 39.9. The third kappa shape index (κ3) is 4.07. The van der Waals surface area contributed by atoms with Crippen molar-refractivity contribution in [2.24, 2.45) is 5.92 Å². The van der Waals surface area contributed by atoms with Crippen molar-refractivity contribution in [2.75, 3.05) is 32.7 Å². The predicted octanol–water partition coefficient (Wildman–Crippen LogP) is 1.49. The molecular formula is C15H21FN2O4S. The summed E-state index contributed by atoms with van der Waals surface area (Å²) in [5.74, 6) is -1.92. The van der Waals surface area contributed by atoms with E-state index in [1.165, 1.54) is 4.31 Å². The Hall–Kier alpha value is -1.51. The van der Waals surface area contributed by atoms with E-state index < -0.39 is 27.4 Å². The van der Waals surface area contributed by atoms with Crippen LogP contribution < -0.4 is 0 Å². The molecule has 0 unspecified atom stereocenters. The zero-order valence-electron chi connectivity index (χ0n) is 13.2. The van der Waals surface area contributed by atoms with E-state index in [-0.39, 0.29) is 4.90 Å². The molecule has 1 aliphatic rings. The van der Waals surface area contributed by atoms with Gasteiger partial charge in [0.05, 0.1) is 10.5 Å². The molecule has 1 aromatic rings. The number of hydrogen-bond donors (Lipinski definition) is 1. The average Bonchev–Trinajstić information content (AvgIpc) is 2.47. The molecule has 6 nitrogen and oxygen atoms in total. The number of carboxylic acids is 1. The van der Waals surface area contributed by atoms with Crippen LogP contribution >= 0.6 is 0 Å². The lowest BCUT2D eigenvalue weighted by molar-refractivity contribution is 0.0691. The molecule has 1 saturated heterocycles. The van der Waals surface area contributed by atoms with Gasteiger partial charge in [0.1, 0.15) is 5.82 Å². The van der Waals surface area contributed by atoms with E-state index in [0.29, 0.717) is 32.1 Å². The maximum absolute atomic E-state index is 13.4. The molecular weight excluding hydrogens is 323 g/mol. The van der Waals surface area contributed by atoms with E-state index in [0.717, 1.165) is 24.7 Å². The number of benzene rings is 1. The highest BCUT2D eigenvalue weighted by Crippen LogP contribution is 2.21. The fraction of sp³-hybridized carbons (Fsp3) is 0.533. The average molecular weight is 344 g/mol. The van der Waals surface area contributed by atoms with Gasteiger partial charge >= 0.3 is 5.97 Å². The maximum atomic E-state index is 13.4. The summed E-state index contributed by atoms with van der Waals surface area (Å²) in [5, 5.41) is 8.93. The van der Waals surface area contributed by atoms with Crippen molar-refractivity contribution in [3.8, 4) is 0 Å². The van der Waals surface area contributed by atoms with Crippen molar-refractivity contribution in [2.45, 2.75) is 18.7 Å². The lowest BCUT2D eigenvalue weighted by Crippen LogP contribution is -2.49. The third-order valence-corrected chi connectivity index (χ3v) is 5.66. The summed E-state index contributed by atoms with van der Waals surface area (Å²) in [6.45, 7) is 7.07. The van der Waals surface area contributed by atoms with Gasteiger partial charge in [0.15, 0.2) is 0 Å². The molecule has 0 saturated carbocycles. The molecule has 8 heteroatoms. The van der Waals surface area contributed by atoms with Crippen LogP contribution in [0.3, 0.4) is 0 Å². The SMILES string of the molecule is CC(C)CN1CCN(S(=O)(=O)c2ccc(F)c(C(=O)O)c2)CC1. The fourth-order valence-electron chi connectivity index (χ4n) is 2.65. The first-order valence-electron chi connectivity index (χ1n) is 7.47. The van der Waals surface area contributed by atoms with Crippen LogP contribution in [-0.4, -0.2) is 61.4 Å². The summed E-state index contributed by atoms with van der Waals surface area (Å²) in [6, 6.07) is 2.87. The summed E-state index contributed by atoms with van der Waals surface area (Å²) in [4.78, 5) is 13.0. The molecule has 2 rings (SSSR count). The number of carboxylic acid groups (broad SMARTS) is 1. The van der Waals surface area contributed by atoms with Crippen LogP contribution in [0.5, 0.6) is 0 Å². The third-order valence-electron chi connectivity index (χ3n) is 3.76. The number of halogens is 1. The van der Waals surface area contributed by atoms with Crippen molar-refractivity contribution in [3.05, 3.63) is 29.6 Å². The van der Waals surface area contributed by atoms with Gasteiger partial charge in [-0.25, -0.2) is 17.6 Å². The lowest BCUT2D eigenvalue weighted by Gasteiger charge is -2.34. The van der Waals surface area contributed by atoms with E-state index in [9.17, 15) is 17.6 Å². The number of piperazine rings is 1. The normalized spacial score (nSPS) is 17.6. The largest absolute Gasteiger partial charge is 0.478 e. The van der Waals surface area contributed by atoms with E-state index in [2.05, 4.69) is 18.7 Å².